The van der Waals surface area contributed by atoms with Crippen LogP contribution in [0.2, 0.25) is 5.02 Å². The van der Waals surface area contributed by atoms with Crippen molar-refractivity contribution in [1.82, 2.24) is 4.98 Å². The molecular weight excluding hydrogens is 348 g/mol. The Morgan fingerprint density at radius 2 is 1.88 bits per heavy atom. The number of hydrogen-bond acceptors (Lipinski definition) is 5. The molecule has 0 aliphatic carbocycles. The first-order chi connectivity index (χ1) is 11.6. The van der Waals surface area contributed by atoms with E-state index >= 15 is 0 Å². The summed E-state index contributed by atoms with van der Waals surface area (Å²) in [6, 6.07) is 15.6. The Morgan fingerprint density at radius 3 is 2.67 bits per heavy atom. The van der Waals surface area contributed by atoms with Crippen molar-refractivity contribution in [3.05, 3.63) is 69.7 Å². The predicted octanol–water partition coefficient (Wildman–Crippen LogP) is 5.78. The number of thiazole rings is 1. The summed E-state index contributed by atoms with van der Waals surface area (Å²) in [5.41, 5.74) is 1.36. The van der Waals surface area contributed by atoms with Crippen molar-refractivity contribution in [2.24, 2.45) is 0 Å². The smallest absolute Gasteiger partial charge is 0.270 e. The summed E-state index contributed by atoms with van der Waals surface area (Å²) in [5.74, 6) is 1.08. The van der Waals surface area contributed by atoms with Gasteiger partial charge in [-0.2, -0.15) is 0 Å². The van der Waals surface area contributed by atoms with E-state index in [-0.39, 0.29) is 5.69 Å². The van der Waals surface area contributed by atoms with Crippen molar-refractivity contribution >= 4 is 38.8 Å². The van der Waals surface area contributed by atoms with E-state index < -0.39 is 4.92 Å². The Labute approximate surface area is 145 Å². The maximum Gasteiger partial charge on any atom is 0.270 e. The SMILES string of the molecule is O=[N+]([O-])c1ccc(Cl)c(-c2ccc(-c3nc4ccccc4s3)o2)c1. The van der Waals surface area contributed by atoms with Gasteiger partial charge in [-0.05, 0) is 30.3 Å². The summed E-state index contributed by atoms with van der Waals surface area (Å²) in [6.07, 6.45) is 0. The Hall–Kier alpha value is -2.70. The van der Waals surface area contributed by atoms with Crippen LogP contribution in [-0.2, 0) is 0 Å². The van der Waals surface area contributed by atoms with Crippen molar-refractivity contribution in [3.63, 3.8) is 0 Å². The fourth-order valence-electron chi connectivity index (χ4n) is 2.39. The summed E-state index contributed by atoms with van der Waals surface area (Å²) >= 11 is 7.68. The Morgan fingerprint density at radius 1 is 1.08 bits per heavy atom. The van der Waals surface area contributed by atoms with Gasteiger partial charge < -0.3 is 4.42 Å². The molecule has 0 unspecified atom stereocenters. The molecule has 0 amide bonds. The van der Waals surface area contributed by atoms with Gasteiger partial charge in [-0.1, -0.05) is 23.7 Å². The maximum atomic E-state index is 10.9. The second-order valence-electron chi connectivity index (χ2n) is 5.07. The van der Waals surface area contributed by atoms with Crippen molar-refractivity contribution in [2.75, 3.05) is 0 Å². The first kappa shape index (κ1) is 14.9. The minimum absolute atomic E-state index is 0.0349. The van der Waals surface area contributed by atoms with Crippen LogP contribution in [0.1, 0.15) is 0 Å². The van der Waals surface area contributed by atoms with Gasteiger partial charge >= 0.3 is 0 Å². The summed E-state index contributed by atoms with van der Waals surface area (Å²) in [4.78, 5) is 15.0. The minimum Gasteiger partial charge on any atom is -0.454 e. The Kier molecular flexibility index (Phi) is 3.55. The fourth-order valence-corrected chi connectivity index (χ4v) is 3.53. The number of benzene rings is 2. The molecule has 0 bridgehead atoms. The standard InChI is InChI=1S/C17H9ClN2O3S/c18-12-6-5-10(20(21)22)9-11(12)14-7-8-15(23-14)17-19-13-3-1-2-4-16(13)24-17/h1-9H. The monoisotopic (exact) mass is 356 g/mol. The van der Waals surface area contributed by atoms with E-state index in [1.807, 2.05) is 24.3 Å². The number of furan rings is 1. The highest BCUT2D eigenvalue weighted by Gasteiger charge is 2.16. The zero-order valence-electron chi connectivity index (χ0n) is 12.1. The molecule has 0 aliphatic heterocycles. The topological polar surface area (TPSA) is 69.2 Å². The van der Waals surface area contributed by atoms with Gasteiger partial charge in [-0.15, -0.1) is 11.3 Å². The molecule has 4 rings (SSSR count). The minimum atomic E-state index is -0.461. The number of non-ortho nitro benzene ring substituents is 1. The number of halogens is 1. The van der Waals surface area contributed by atoms with Gasteiger partial charge in [0, 0.05) is 17.7 Å². The van der Waals surface area contributed by atoms with Crippen LogP contribution in [0.5, 0.6) is 0 Å². The molecular formula is C17H9ClN2O3S. The van der Waals surface area contributed by atoms with Gasteiger partial charge in [0.15, 0.2) is 10.8 Å². The third kappa shape index (κ3) is 2.55. The summed E-state index contributed by atoms with van der Waals surface area (Å²) in [6.45, 7) is 0. The average Bonchev–Trinajstić information content (AvgIpc) is 3.21. The summed E-state index contributed by atoms with van der Waals surface area (Å²) < 4.78 is 6.91. The normalized spacial score (nSPS) is 11.0. The number of nitrogens with zero attached hydrogens (tertiary/aromatic N) is 2. The van der Waals surface area contributed by atoms with Gasteiger partial charge in [0.2, 0.25) is 0 Å². The highest BCUT2D eigenvalue weighted by atomic mass is 35.5. The van der Waals surface area contributed by atoms with Crippen molar-refractivity contribution < 1.29 is 9.34 Å². The Bertz CT molecular complexity index is 1040. The van der Waals surface area contributed by atoms with Gasteiger partial charge in [-0.3, -0.25) is 10.1 Å². The van der Waals surface area contributed by atoms with Crippen LogP contribution >= 0.6 is 22.9 Å². The van der Waals surface area contributed by atoms with E-state index in [1.54, 1.807) is 12.1 Å². The zero-order valence-corrected chi connectivity index (χ0v) is 13.7. The highest BCUT2D eigenvalue weighted by molar-refractivity contribution is 7.21. The molecule has 0 fully saturated rings. The Balaban J connectivity index is 1.77. The summed E-state index contributed by atoms with van der Waals surface area (Å²) in [5, 5.41) is 12.1. The third-order valence-electron chi connectivity index (χ3n) is 3.54. The molecule has 4 aromatic rings. The van der Waals surface area contributed by atoms with Crippen LogP contribution in [-0.4, -0.2) is 9.91 Å². The van der Waals surface area contributed by atoms with Crippen LogP contribution in [0.4, 0.5) is 5.69 Å². The molecule has 0 atom stereocenters. The van der Waals surface area contributed by atoms with Crippen LogP contribution < -0.4 is 0 Å². The second kappa shape index (κ2) is 5.74. The first-order valence-electron chi connectivity index (χ1n) is 7.02. The molecule has 2 aromatic carbocycles. The number of fused-ring (bicyclic) bond motifs is 1. The average molecular weight is 357 g/mol. The highest BCUT2D eigenvalue weighted by Crippen LogP contribution is 2.37. The van der Waals surface area contributed by atoms with Gasteiger partial charge in [0.1, 0.15) is 5.76 Å². The molecule has 5 nitrogen and oxygen atoms in total. The van der Waals surface area contributed by atoms with Crippen LogP contribution in [0, 0.1) is 10.1 Å². The lowest BCUT2D eigenvalue weighted by Gasteiger charge is -2.00. The molecule has 0 radical (unpaired) electrons. The molecule has 0 aliphatic rings. The second-order valence-corrected chi connectivity index (χ2v) is 6.51. The van der Waals surface area contributed by atoms with E-state index in [1.165, 1.54) is 29.5 Å². The van der Waals surface area contributed by atoms with E-state index in [0.717, 1.165) is 15.2 Å². The lowest BCUT2D eigenvalue weighted by molar-refractivity contribution is -0.384. The molecule has 7 heteroatoms. The van der Waals surface area contributed by atoms with Crippen molar-refractivity contribution in [3.8, 4) is 22.1 Å². The molecule has 0 spiro atoms. The van der Waals surface area contributed by atoms with E-state index in [2.05, 4.69) is 4.98 Å². The van der Waals surface area contributed by atoms with Gasteiger partial charge in [0.25, 0.3) is 5.69 Å². The first-order valence-corrected chi connectivity index (χ1v) is 8.21. The van der Waals surface area contributed by atoms with Crippen molar-refractivity contribution in [2.45, 2.75) is 0 Å². The van der Waals surface area contributed by atoms with E-state index in [9.17, 15) is 10.1 Å². The number of nitro groups is 1. The fraction of sp³-hybridized carbons (Fsp3) is 0. The lowest BCUT2D eigenvalue weighted by Crippen LogP contribution is -1.88. The number of aromatic nitrogens is 1. The molecule has 2 heterocycles. The van der Waals surface area contributed by atoms with Crippen LogP contribution in [0.25, 0.3) is 32.3 Å². The largest absolute Gasteiger partial charge is 0.454 e. The predicted molar refractivity (Wildman–Crippen MR) is 94.4 cm³/mol. The molecule has 2 aromatic heterocycles. The van der Waals surface area contributed by atoms with Crippen LogP contribution in [0.15, 0.2) is 59.0 Å². The maximum absolute atomic E-state index is 10.9. The molecule has 0 saturated carbocycles. The van der Waals surface area contributed by atoms with Crippen molar-refractivity contribution in [1.29, 1.82) is 0 Å². The molecule has 0 saturated heterocycles. The number of rotatable bonds is 3. The molecule has 24 heavy (non-hydrogen) atoms. The quantitative estimate of drug-likeness (QED) is 0.344. The number of para-hydroxylation sites is 1. The van der Waals surface area contributed by atoms with E-state index in [0.29, 0.717) is 22.1 Å². The van der Waals surface area contributed by atoms with Crippen LogP contribution in [0.3, 0.4) is 0 Å². The molecule has 0 N–H and O–H groups in total. The number of hydrogen-bond donors (Lipinski definition) is 0. The van der Waals surface area contributed by atoms with E-state index in [4.69, 9.17) is 16.0 Å². The number of nitro benzene ring substituents is 1. The van der Waals surface area contributed by atoms with Gasteiger partial charge in [0.05, 0.1) is 20.2 Å². The zero-order chi connectivity index (χ0) is 16.7. The summed E-state index contributed by atoms with van der Waals surface area (Å²) in [7, 11) is 0. The van der Waals surface area contributed by atoms with Gasteiger partial charge in [-0.25, -0.2) is 4.98 Å². The lowest BCUT2D eigenvalue weighted by atomic mass is 10.1. The molecule has 118 valence electrons. The third-order valence-corrected chi connectivity index (χ3v) is 4.92.